The average molecular weight is 269 g/mol. The Labute approximate surface area is 99.9 Å². The third kappa shape index (κ3) is 4.14. The van der Waals surface area contributed by atoms with Crippen LogP contribution in [0.15, 0.2) is 35.0 Å². The fourth-order valence-corrected chi connectivity index (χ4v) is 1.66. The highest BCUT2D eigenvalue weighted by atomic mass is 79.9. The summed E-state index contributed by atoms with van der Waals surface area (Å²) in [6, 6.07) is 4.38. The minimum Gasteiger partial charge on any atom is -0.312 e. The first kappa shape index (κ1) is 12.4. The van der Waals surface area contributed by atoms with E-state index >= 15 is 0 Å². The van der Waals surface area contributed by atoms with E-state index in [1.54, 1.807) is 0 Å². The number of allylic oxidation sites excluding steroid dienone is 1. The van der Waals surface area contributed by atoms with Gasteiger partial charge >= 0.3 is 0 Å². The van der Waals surface area contributed by atoms with Crippen molar-refractivity contribution in [1.29, 1.82) is 0 Å². The number of halogens is 1. The first-order chi connectivity index (χ1) is 7.13. The lowest BCUT2D eigenvalue weighted by Gasteiger charge is -2.15. The molecule has 1 heterocycles. The monoisotopic (exact) mass is 268 g/mol. The lowest BCUT2D eigenvalue weighted by molar-refractivity contribution is 0.535. The van der Waals surface area contributed by atoms with Gasteiger partial charge in [0.1, 0.15) is 0 Å². The van der Waals surface area contributed by atoms with Crippen molar-refractivity contribution in [2.75, 3.05) is 7.05 Å². The molecular formula is C12H17BrN2. The number of nitrogens with one attached hydrogen (secondary N) is 1. The maximum Gasteiger partial charge on any atom is 0.0574 e. The second-order valence-electron chi connectivity index (χ2n) is 3.74. The minimum absolute atomic E-state index is 0.315. The zero-order chi connectivity index (χ0) is 11.3. The molecule has 1 aromatic rings. The van der Waals surface area contributed by atoms with Crippen molar-refractivity contribution >= 4 is 15.9 Å². The molecule has 0 spiro atoms. The standard InChI is InChI=1S/C12H17BrN2/c1-9(2)4-6-11(14-3)12-7-5-10(13)8-15-12/h5,7-8,11,14H,1,4,6H2,2-3H3. The van der Waals surface area contributed by atoms with Crippen LogP contribution in [-0.4, -0.2) is 12.0 Å². The Kier molecular flexibility index (Phi) is 4.99. The van der Waals surface area contributed by atoms with Gasteiger partial charge in [-0.15, -0.1) is 6.58 Å². The van der Waals surface area contributed by atoms with E-state index in [9.17, 15) is 0 Å². The van der Waals surface area contributed by atoms with E-state index in [4.69, 9.17) is 0 Å². The molecule has 1 rings (SSSR count). The number of hydrogen-bond donors (Lipinski definition) is 1. The van der Waals surface area contributed by atoms with Crippen LogP contribution in [0, 0.1) is 0 Å². The predicted octanol–water partition coefficient (Wildman–Crippen LogP) is 3.46. The van der Waals surface area contributed by atoms with Gasteiger partial charge in [0.15, 0.2) is 0 Å². The molecule has 0 amide bonds. The summed E-state index contributed by atoms with van der Waals surface area (Å²) in [6.07, 6.45) is 3.91. The molecule has 0 fully saturated rings. The molecule has 0 saturated carbocycles. The van der Waals surface area contributed by atoms with Gasteiger partial charge in [0.2, 0.25) is 0 Å². The normalized spacial score (nSPS) is 12.5. The average Bonchev–Trinajstić information content (AvgIpc) is 2.21. The van der Waals surface area contributed by atoms with Crippen molar-refractivity contribution in [2.24, 2.45) is 0 Å². The molecule has 1 aromatic heterocycles. The second kappa shape index (κ2) is 6.03. The van der Waals surface area contributed by atoms with Gasteiger partial charge < -0.3 is 5.32 Å². The summed E-state index contributed by atoms with van der Waals surface area (Å²) in [5, 5.41) is 3.27. The van der Waals surface area contributed by atoms with E-state index in [1.807, 2.05) is 25.4 Å². The molecular weight excluding hydrogens is 252 g/mol. The highest BCUT2D eigenvalue weighted by Crippen LogP contribution is 2.19. The molecule has 3 heteroatoms. The van der Waals surface area contributed by atoms with Crippen molar-refractivity contribution in [2.45, 2.75) is 25.8 Å². The summed E-state index contributed by atoms with van der Waals surface area (Å²) in [7, 11) is 1.97. The second-order valence-corrected chi connectivity index (χ2v) is 4.65. The molecule has 15 heavy (non-hydrogen) atoms. The molecule has 0 aromatic carbocycles. The molecule has 0 aliphatic rings. The summed E-state index contributed by atoms with van der Waals surface area (Å²) in [5.74, 6) is 0. The summed E-state index contributed by atoms with van der Waals surface area (Å²) in [5.41, 5.74) is 2.30. The number of nitrogens with zero attached hydrogens (tertiary/aromatic N) is 1. The smallest absolute Gasteiger partial charge is 0.0574 e. The number of aromatic nitrogens is 1. The highest BCUT2D eigenvalue weighted by Gasteiger charge is 2.09. The van der Waals surface area contributed by atoms with Crippen LogP contribution in [0.5, 0.6) is 0 Å². The van der Waals surface area contributed by atoms with E-state index in [2.05, 4.69) is 39.7 Å². The van der Waals surface area contributed by atoms with Crippen LogP contribution >= 0.6 is 15.9 Å². The van der Waals surface area contributed by atoms with Crippen LogP contribution in [0.3, 0.4) is 0 Å². The van der Waals surface area contributed by atoms with Gasteiger partial charge in [-0.3, -0.25) is 4.98 Å². The largest absolute Gasteiger partial charge is 0.312 e. The minimum atomic E-state index is 0.315. The molecule has 82 valence electrons. The third-order valence-corrected chi connectivity index (χ3v) is 2.78. The first-order valence-electron chi connectivity index (χ1n) is 5.06. The Bertz CT molecular complexity index is 319. The molecule has 0 saturated heterocycles. The summed E-state index contributed by atoms with van der Waals surface area (Å²) < 4.78 is 1.01. The van der Waals surface area contributed by atoms with Gasteiger partial charge in [-0.05, 0) is 54.9 Å². The lowest BCUT2D eigenvalue weighted by atomic mass is 10.0. The van der Waals surface area contributed by atoms with E-state index in [1.165, 1.54) is 5.57 Å². The van der Waals surface area contributed by atoms with Crippen LogP contribution in [0.4, 0.5) is 0 Å². The van der Waals surface area contributed by atoms with E-state index in [0.717, 1.165) is 23.0 Å². The summed E-state index contributed by atoms with van der Waals surface area (Å²) in [6.45, 7) is 5.97. The summed E-state index contributed by atoms with van der Waals surface area (Å²) >= 11 is 3.38. The van der Waals surface area contributed by atoms with Crippen LogP contribution in [0.2, 0.25) is 0 Å². The molecule has 0 bridgehead atoms. The fraction of sp³-hybridized carbons (Fsp3) is 0.417. The van der Waals surface area contributed by atoms with Gasteiger partial charge in [0, 0.05) is 16.7 Å². The highest BCUT2D eigenvalue weighted by molar-refractivity contribution is 9.10. The zero-order valence-corrected chi connectivity index (χ0v) is 10.8. The molecule has 0 aliphatic heterocycles. The molecule has 0 radical (unpaired) electrons. The zero-order valence-electron chi connectivity index (χ0n) is 9.26. The van der Waals surface area contributed by atoms with Crippen LogP contribution in [0.1, 0.15) is 31.5 Å². The predicted molar refractivity (Wildman–Crippen MR) is 67.8 cm³/mol. The lowest BCUT2D eigenvalue weighted by Crippen LogP contribution is -2.17. The van der Waals surface area contributed by atoms with Gasteiger partial charge in [0.25, 0.3) is 0 Å². The Morgan fingerprint density at radius 3 is 2.80 bits per heavy atom. The van der Waals surface area contributed by atoms with Crippen molar-refractivity contribution in [1.82, 2.24) is 10.3 Å². The number of rotatable bonds is 5. The van der Waals surface area contributed by atoms with Gasteiger partial charge in [0.05, 0.1) is 5.69 Å². The Balaban J connectivity index is 2.65. The SMILES string of the molecule is C=C(C)CCC(NC)c1ccc(Br)cn1. The summed E-state index contributed by atoms with van der Waals surface area (Å²) in [4.78, 5) is 4.39. The molecule has 1 atom stereocenters. The van der Waals surface area contributed by atoms with Crippen molar-refractivity contribution in [3.8, 4) is 0 Å². The van der Waals surface area contributed by atoms with E-state index in [-0.39, 0.29) is 0 Å². The fourth-order valence-electron chi connectivity index (χ4n) is 1.42. The Morgan fingerprint density at radius 2 is 2.33 bits per heavy atom. The van der Waals surface area contributed by atoms with Crippen molar-refractivity contribution in [3.63, 3.8) is 0 Å². The van der Waals surface area contributed by atoms with E-state index < -0.39 is 0 Å². The van der Waals surface area contributed by atoms with Gasteiger partial charge in [-0.25, -0.2) is 0 Å². The maximum atomic E-state index is 4.39. The third-order valence-electron chi connectivity index (χ3n) is 2.32. The topological polar surface area (TPSA) is 24.9 Å². The molecule has 0 aliphatic carbocycles. The molecule has 2 nitrogen and oxygen atoms in total. The number of pyridine rings is 1. The first-order valence-corrected chi connectivity index (χ1v) is 5.86. The molecule has 1 N–H and O–H groups in total. The van der Waals surface area contributed by atoms with Crippen LogP contribution in [-0.2, 0) is 0 Å². The quantitative estimate of drug-likeness (QED) is 0.828. The van der Waals surface area contributed by atoms with Crippen LogP contribution < -0.4 is 5.32 Å². The van der Waals surface area contributed by atoms with Crippen LogP contribution in [0.25, 0.3) is 0 Å². The Hall–Kier alpha value is -0.670. The van der Waals surface area contributed by atoms with Crippen molar-refractivity contribution < 1.29 is 0 Å². The van der Waals surface area contributed by atoms with E-state index in [0.29, 0.717) is 6.04 Å². The number of hydrogen-bond acceptors (Lipinski definition) is 2. The van der Waals surface area contributed by atoms with Gasteiger partial charge in [-0.2, -0.15) is 0 Å². The Morgan fingerprint density at radius 1 is 1.60 bits per heavy atom. The maximum absolute atomic E-state index is 4.39. The molecule has 1 unspecified atom stereocenters. The van der Waals surface area contributed by atoms with Gasteiger partial charge in [-0.1, -0.05) is 5.57 Å². The van der Waals surface area contributed by atoms with Crippen molar-refractivity contribution in [3.05, 3.63) is 40.6 Å².